The van der Waals surface area contributed by atoms with Crippen molar-refractivity contribution in [2.45, 2.75) is 69.2 Å². The maximum atomic E-state index is 14.7. The van der Waals surface area contributed by atoms with E-state index >= 15 is 0 Å². The Hall–Kier alpha value is -2.39. The highest BCUT2D eigenvalue weighted by Gasteiger charge is 2.54. The summed E-state index contributed by atoms with van der Waals surface area (Å²) < 4.78 is 24.6. The first kappa shape index (κ1) is 29.1. The molecule has 3 saturated heterocycles. The van der Waals surface area contributed by atoms with Gasteiger partial charge in [-0.3, -0.25) is 15.4 Å². The van der Waals surface area contributed by atoms with Gasteiger partial charge in [0.15, 0.2) is 5.66 Å². The summed E-state index contributed by atoms with van der Waals surface area (Å²) in [5.41, 5.74) is 0.450. The number of nitrogens with zero attached hydrogens (tertiary/aromatic N) is 2. The third kappa shape index (κ3) is 5.96. The van der Waals surface area contributed by atoms with Gasteiger partial charge in [-0.15, -0.1) is 0 Å². The third-order valence-electron chi connectivity index (χ3n) is 8.66. The fourth-order valence-electron chi connectivity index (χ4n) is 6.65. The number of likely N-dealkylation sites (tertiary alicyclic amines) is 2. The molecule has 218 valence electrons. The van der Waals surface area contributed by atoms with E-state index in [0.717, 1.165) is 44.3 Å². The lowest BCUT2D eigenvalue weighted by Gasteiger charge is -2.41. The average molecular weight is 573 g/mol. The van der Waals surface area contributed by atoms with Gasteiger partial charge in [-0.2, -0.15) is 0 Å². The zero-order valence-corrected chi connectivity index (χ0v) is 24.4. The number of rotatable bonds is 10. The molecule has 9 heteroatoms. The van der Waals surface area contributed by atoms with Crippen LogP contribution in [0.5, 0.6) is 11.5 Å². The molecule has 0 aliphatic carbocycles. The number of ether oxygens (including phenoxy) is 2. The fraction of sp³-hybridized carbons (Fsp3) is 0.581. The van der Waals surface area contributed by atoms with Gasteiger partial charge in [-0.05, 0) is 75.0 Å². The standard InChI is InChI=1S/C31H42ClFN4O3/c1-3-6-27-29(22-7-9-23(32)10-8-22)35-31(34-27,26-12-11-25(39-2)21-28(26)40-20-15-33)30(38)37-18-13-24(14-19-37)36-16-4-5-17-36/h7-12,21,24,27,29,34-35H,3-6,13-20H2,1-2H3. The molecule has 5 rings (SSSR count). The Bertz CT molecular complexity index is 1140. The number of hydrogen-bond donors (Lipinski definition) is 2. The number of nitrogens with one attached hydrogen (secondary N) is 2. The molecule has 3 unspecified atom stereocenters. The largest absolute Gasteiger partial charge is 0.497 e. The Labute approximate surface area is 242 Å². The summed E-state index contributed by atoms with van der Waals surface area (Å²) in [6.07, 6.45) is 6.27. The molecule has 0 aromatic heterocycles. The molecule has 0 spiro atoms. The van der Waals surface area contributed by atoms with Gasteiger partial charge in [-0.25, -0.2) is 4.39 Å². The van der Waals surface area contributed by atoms with Crippen LogP contribution in [0.4, 0.5) is 4.39 Å². The van der Waals surface area contributed by atoms with Crippen molar-refractivity contribution in [2.75, 3.05) is 46.6 Å². The SMILES string of the molecule is CCCC1NC(C(=O)N2CCC(N3CCCC3)CC2)(c2ccc(OC)cc2OCCF)NC1c1ccc(Cl)cc1. The fourth-order valence-corrected chi connectivity index (χ4v) is 6.78. The van der Waals surface area contributed by atoms with E-state index in [9.17, 15) is 9.18 Å². The van der Waals surface area contributed by atoms with Gasteiger partial charge in [0.05, 0.1) is 7.11 Å². The van der Waals surface area contributed by atoms with Gasteiger partial charge in [-0.1, -0.05) is 37.1 Å². The van der Waals surface area contributed by atoms with Crippen LogP contribution >= 0.6 is 11.6 Å². The summed E-state index contributed by atoms with van der Waals surface area (Å²) in [6.45, 7) is 5.13. The number of piperidine rings is 1. The van der Waals surface area contributed by atoms with E-state index in [2.05, 4.69) is 22.5 Å². The third-order valence-corrected chi connectivity index (χ3v) is 8.91. The van der Waals surface area contributed by atoms with Crippen molar-refractivity contribution in [2.24, 2.45) is 0 Å². The zero-order valence-electron chi connectivity index (χ0n) is 23.6. The lowest BCUT2D eigenvalue weighted by molar-refractivity contribution is -0.141. The number of benzene rings is 2. The Morgan fingerprint density at radius 2 is 1.80 bits per heavy atom. The van der Waals surface area contributed by atoms with Crippen molar-refractivity contribution in [1.82, 2.24) is 20.4 Å². The van der Waals surface area contributed by atoms with E-state index in [4.69, 9.17) is 21.1 Å². The second-order valence-corrected chi connectivity index (χ2v) is 11.6. The number of hydrogen-bond acceptors (Lipinski definition) is 6. The number of carbonyl (C=O) groups is 1. The quantitative estimate of drug-likeness (QED) is 0.416. The Kier molecular flexibility index (Phi) is 9.51. The summed E-state index contributed by atoms with van der Waals surface area (Å²) >= 11 is 6.22. The van der Waals surface area contributed by atoms with Crippen LogP contribution in [0.15, 0.2) is 42.5 Å². The highest BCUT2D eigenvalue weighted by Crippen LogP contribution is 2.42. The van der Waals surface area contributed by atoms with E-state index in [1.807, 2.05) is 41.3 Å². The number of alkyl halides is 1. The second-order valence-electron chi connectivity index (χ2n) is 11.1. The van der Waals surface area contributed by atoms with Crippen LogP contribution in [0.1, 0.15) is 62.6 Å². The van der Waals surface area contributed by atoms with Crippen molar-refractivity contribution >= 4 is 17.5 Å². The van der Waals surface area contributed by atoms with Crippen molar-refractivity contribution in [1.29, 1.82) is 0 Å². The van der Waals surface area contributed by atoms with Gasteiger partial charge in [0.25, 0.3) is 5.91 Å². The Balaban J connectivity index is 1.52. The molecular weight excluding hydrogens is 531 g/mol. The Morgan fingerprint density at radius 1 is 1.07 bits per heavy atom. The smallest absolute Gasteiger partial charge is 0.262 e. The summed E-state index contributed by atoms with van der Waals surface area (Å²) in [5, 5.41) is 8.15. The lowest BCUT2D eigenvalue weighted by atomic mass is 9.94. The first-order valence-corrected chi connectivity index (χ1v) is 15.1. The maximum absolute atomic E-state index is 14.7. The molecule has 2 aromatic rings. The van der Waals surface area contributed by atoms with Crippen molar-refractivity contribution < 1.29 is 18.7 Å². The first-order chi connectivity index (χ1) is 19.5. The molecule has 3 heterocycles. The summed E-state index contributed by atoms with van der Waals surface area (Å²) in [7, 11) is 1.58. The predicted molar refractivity (Wildman–Crippen MR) is 156 cm³/mol. The summed E-state index contributed by atoms with van der Waals surface area (Å²) in [5.74, 6) is 0.994. The number of halogens is 2. The minimum atomic E-state index is -1.25. The number of carbonyl (C=O) groups excluding carboxylic acids is 1. The molecule has 0 saturated carbocycles. The normalized spacial score (nSPS) is 25.9. The minimum Gasteiger partial charge on any atom is -0.497 e. The van der Waals surface area contributed by atoms with E-state index in [1.165, 1.54) is 12.8 Å². The highest BCUT2D eigenvalue weighted by atomic mass is 35.5. The predicted octanol–water partition coefficient (Wildman–Crippen LogP) is 5.04. The van der Waals surface area contributed by atoms with Gasteiger partial charge in [0, 0.05) is 47.9 Å². The minimum absolute atomic E-state index is 0.0200. The van der Waals surface area contributed by atoms with Crippen LogP contribution in [0.3, 0.4) is 0 Å². The van der Waals surface area contributed by atoms with Crippen molar-refractivity contribution in [3.05, 3.63) is 58.6 Å². The molecule has 2 N–H and O–H groups in total. The molecule has 1 amide bonds. The van der Waals surface area contributed by atoms with E-state index in [-0.39, 0.29) is 24.6 Å². The molecular formula is C31H42ClFN4O3. The zero-order chi connectivity index (χ0) is 28.1. The molecule has 2 aromatic carbocycles. The van der Waals surface area contributed by atoms with Crippen molar-refractivity contribution in [3.8, 4) is 11.5 Å². The molecule has 7 nitrogen and oxygen atoms in total. The molecule has 0 radical (unpaired) electrons. The van der Waals surface area contributed by atoms with Gasteiger partial charge in [0.1, 0.15) is 24.8 Å². The number of methoxy groups -OCH3 is 1. The molecule has 0 bridgehead atoms. The van der Waals surface area contributed by atoms with Crippen LogP contribution in [-0.2, 0) is 10.5 Å². The second kappa shape index (κ2) is 13.1. The first-order valence-electron chi connectivity index (χ1n) is 14.7. The van der Waals surface area contributed by atoms with Gasteiger partial charge in [0.2, 0.25) is 0 Å². The van der Waals surface area contributed by atoms with Gasteiger partial charge >= 0.3 is 0 Å². The van der Waals surface area contributed by atoms with Crippen molar-refractivity contribution in [3.63, 3.8) is 0 Å². The highest BCUT2D eigenvalue weighted by molar-refractivity contribution is 6.30. The molecule has 3 fully saturated rings. The summed E-state index contributed by atoms with van der Waals surface area (Å²) in [6, 6.07) is 13.6. The van der Waals surface area contributed by atoms with E-state index in [1.54, 1.807) is 13.2 Å². The van der Waals surface area contributed by atoms with Crippen LogP contribution in [-0.4, -0.2) is 74.4 Å². The van der Waals surface area contributed by atoms with Gasteiger partial charge < -0.3 is 19.3 Å². The summed E-state index contributed by atoms with van der Waals surface area (Å²) in [4.78, 5) is 19.3. The van der Waals surface area contributed by atoms with E-state index in [0.29, 0.717) is 41.2 Å². The van der Waals surface area contributed by atoms with E-state index < -0.39 is 12.3 Å². The molecule has 3 aliphatic heterocycles. The molecule has 3 aliphatic rings. The monoisotopic (exact) mass is 572 g/mol. The topological polar surface area (TPSA) is 66.1 Å². The van der Waals surface area contributed by atoms with Crippen LogP contribution in [0.2, 0.25) is 5.02 Å². The average Bonchev–Trinajstić information content (AvgIpc) is 3.66. The Morgan fingerprint density at radius 3 is 2.45 bits per heavy atom. The maximum Gasteiger partial charge on any atom is 0.262 e. The van der Waals surface area contributed by atoms with Crippen LogP contribution < -0.4 is 20.1 Å². The number of amides is 1. The van der Waals surface area contributed by atoms with Crippen LogP contribution in [0, 0.1) is 0 Å². The van der Waals surface area contributed by atoms with Crippen LogP contribution in [0.25, 0.3) is 0 Å². The molecule has 40 heavy (non-hydrogen) atoms. The lowest BCUT2D eigenvalue weighted by Crippen LogP contribution is -2.61. The molecule has 3 atom stereocenters.